The first kappa shape index (κ1) is 10.8. The lowest BCUT2D eigenvalue weighted by molar-refractivity contribution is 0.587. The number of hydrogen-bond acceptors (Lipinski definition) is 1. The van der Waals surface area contributed by atoms with Crippen LogP contribution in [-0.2, 0) is 5.41 Å². The molecule has 0 aromatic carbocycles. The number of aromatic amines is 1. The third-order valence-corrected chi connectivity index (χ3v) is 2.17. The number of H-pyrrole nitrogens is 1. The Bertz CT molecular complexity index is 430. The Morgan fingerprint density at radius 2 is 2.07 bits per heavy atom. The molecule has 1 heterocycles. The van der Waals surface area contributed by atoms with Crippen molar-refractivity contribution < 1.29 is 0 Å². The van der Waals surface area contributed by atoms with Crippen molar-refractivity contribution in [1.82, 2.24) is 4.98 Å². The van der Waals surface area contributed by atoms with Crippen molar-refractivity contribution in [2.75, 3.05) is 0 Å². The predicted octanol–water partition coefficient (Wildman–Crippen LogP) is 1.55. The second-order valence-corrected chi connectivity index (χ2v) is 4.38. The van der Waals surface area contributed by atoms with Crippen molar-refractivity contribution in [3.63, 3.8) is 0 Å². The van der Waals surface area contributed by atoms with E-state index in [1.807, 2.05) is 19.3 Å². The predicted molar refractivity (Wildman–Crippen MR) is 62.9 cm³/mol. The van der Waals surface area contributed by atoms with Gasteiger partial charge in [-0.2, -0.15) is 0 Å². The summed E-state index contributed by atoms with van der Waals surface area (Å²) in [6, 6.07) is 0. The van der Waals surface area contributed by atoms with Crippen LogP contribution in [0.25, 0.3) is 12.8 Å². The van der Waals surface area contributed by atoms with Crippen LogP contribution in [-0.4, -0.2) is 11.2 Å². The summed E-state index contributed by atoms with van der Waals surface area (Å²) in [5, 5.41) is 2.04. The highest BCUT2D eigenvalue weighted by atomic mass is 14.7. The molecule has 1 N–H and O–H groups in total. The molecule has 1 rings (SSSR count). The molecule has 0 atom stereocenters. The highest BCUT2D eigenvalue weighted by Crippen LogP contribution is 2.16. The van der Waals surface area contributed by atoms with Crippen LogP contribution >= 0.6 is 0 Å². The van der Waals surface area contributed by atoms with E-state index in [1.54, 1.807) is 6.21 Å². The van der Waals surface area contributed by atoms with Crippen LogP contribution in [0.4, 0.5) is 0 Å². The lowest BCUT2D eigenvalue weighted by Gasteiger charge is -2.16. The summed E-state index contributed by atoms with van der Waals surface area (Å²) < 4.78 is 0. The largest absolute Gasteiger partial charge is 0.361 e. The van der Waals surface area contributed by atoms with Gasteiger partial charge in [-0.05, 0) is 17.9 Å². The maximum atomic E-state index is 4.14. The van der Waals surface area contributed by atoms with Gasteiger partial charge in [0.2, 0.25) is 0 Å². The molecule has 0 saturated carbocycles. The van der Waals surface area contributed by atoms with Gasteiger partial charge in [-0.15, -0.1) is 0 Å². The fourth-order valence-electron chi connectivity index (χ4n) is 1.39. The summed E-state index contributed by atoms with van der Waals surface area (Å²) in [5.74, 6) is 0. The van der Waals surface area contributed by atoms with E-state index in [0.717, 1.165) is 10.6 Å². The van der Waals surface area contributed by atoms with E-state index in [1.165, 1.54) is 5.56 Å². The average Bonchev–Trinajstić information content (AvgIpc) is 2.42. The minimum atomic E-state index is 0.127. The molecule has 0 saturated heterocycles. The van der Waals surface area contributed by atoms with Crippen LogP contribution in [0.2, 0.25) is 0 Å². The fraction of sp³-hybridized carbons (Fsp3) is 0.417. The molecule has 0 aliphatic heterocycles. The molecule has 1 aromatic rings. The zero-order valence-electron chi connectivity index (χ0n) is 9.39. The number of hydrogen-bond donors (Lipinski definition) is 1. The van der Waals surface area contributed by atoms with E-state index in [-0.39, 0.29) is 5.41 Å². The van der Waals surface area contributed by atoms with Gasteiger partial charge in [0, 0.05) is 29.2 Å². The van der Waals surface area contributed by atoms with E-state index in [4.69, 9.17) is 0 Å². The van der Waals surface area contributed by atoms with E-state index in [0.29, 0.717) is 0 Å². The topological polar surface area (TPSA) is 28.1 Å². The van der Waals surface area contributed by atoms with Crippen molar-refractivity contribution in [3.05, 3.63) is 22.3 Å². The third kappa shape index (κ3) is 2.13. The molecular weight excluding hydrogens is 172 g/mol. The number of aromatic nitrogens is 1. The van der Waals surface area contributed by atoms with Gasteiger partial charge in [-0.1, -0.05) is 27.4 Å². The van der Waals surface area contributed by atoms with Crippen LogP contribution in [0.1, 0.15) is 33.3 Å². The summed E-state index contributed by atoms with van der Waals surface area (Å²) in [4.78, 5) is 7.28. The Labute approximate surface area is 85.1 Å². The van der Waals surface area contributed by atoms with Crippen molar-refractivity contribution in [2.24, 2.45) is 4.99 Å². The van der Waals surface area contributed by atoms with Gasteiger partial charge >= 0.3 is 0 Å². The smallest absolute Gasteiger partial charge is 0.0399 e. The molecule has 0 aliphatic rings. The summed E-state index contributed by atoms with van der Waals surface area (Å²) >= 11 is 0. The summed E-state index contributed by atoms with van der Waals surface area (Å²) in [6.45, 7) is 12.4. The van der Waals surface area contributed by atoms with Crippen LogP contribution in [0.15, 0.2) is 11.2 Å². The number of nitrogens with zero attached hydrogens (tertiary/aromatic N) is 1. The van der Waals surface area contributed by atoms with E-state index in [9.17, 15) is 0 Å². The second kappa shape index (κ2) is 3.82. The monoisotopic (exact) mass is 190 g/mol. The second-order valence-electron chi connectivity index (χ2n) is 4.38. The molecule has 0 amide bonds. The fourth-order valence-corrected chi connectivity index (χ4v) is 1.39. The molecule has 2 heteroatoms. The molecule has 0 aliphatic carbocycles. The van der Waals surface area contributed by atoms with Gasteiger partial charge in [0.1, 0.15) is 0 Å². The van der Waals surface area contributed by atoms with Crippen LogP contribution < -0.4 is 10.6 Å². The van der Waals surface area contributed by atoms with Crippen LogP contribution in [0, 0.1) is 0 Å². The normalized spacial score (nSPS) is 14.1. The lowest BCUT2D eigenvalue weighted by atomic mass is 9.88. The Morgan fingerprint density at radius 3 is 2.57 bits per heavy atom. The van der Waals surface area contributed by atoms with E-state index < -0.39 is 0 Å². The van der Waals surface area contributed by atoms with E-state index >= 15 is 0 Å². The minimum absolute atomic E-state index is 0.127. The molecule has 14 heavy (non-hydrogen) atoms. The Kier molecular flexibility index (Phi) is 2.94. The highest BCUT2D eigenvalue weighted by molar-refractivity contribution is 5.58. The Morgan fingerprint density at radius 1 is 1.43 bits per heavy atom. The van der Waals surface area contributed by atoms with Gasteiger partial charge < -0.3 is 4.98 Å². The Balaban J connectivity index is 3.42. The van der Waals surface area contributed by atoms with Gasteiger partial charge in [0.25, 0.3) is 0 Å². The van der Waals surface area contributed by atoms with Crippen molar-refractivity contribution in [3.8, 4) is 0 Å². The Hall–Kier alpha value is -1.31. The van der Waals surface area contributed by atoms with Gasteiger partial charge in [-0.3, -0.25) is 4.99 Å². The van der Waals surface area contributed by atoms with Crippen molar-refractivity contribution in [2.45, 2.75) is 33.1 Å². The third-order valence-electron chi connectivity index (χ3n) is 2.17. The molecular formula is C12H18N2. The molecule has 0 radical (unpaired) electrons. The van der Waals surface area contributed by atoms with Crippen molar-refractivity contribution in [1.29, 1.82) is 0 Å². The standard InChI is InChI=1S/C12H18N2/c1-6-13-7-10-9(2)14-8-11(10)12(3,4)5/h6-8,14H,2H2,1,3-5H3/b10-7+,13-6?. The molecule has 1 aromatic heterocycles. The van der Waals surface area contributed by atoms with Gasteiger partial charge in [0.15, 0.2) is 0 Å². The summed E-state index contributed by atoms with van der Waals surface area (Å²) in [7, 11) is 0. The van der Waals surface area contributed by atoms with Gasteiger partial charge in [0.05, 0.1) is 0 Å². The molecule has 0 bridgehead atoms. The summed E-state index contributed by atoms with van der Waals surface area (Å²) in [5.41, 5.74) is 1.38. The van der Waals surface area contributed by atoms with Crippen LogP contribution in [0.5, 0.6) is 0 Å². The van der Waals surface area contributed by atoms with E-state index in [2.05, 4.69) is 37.3 Å². The number of rotatable bonds is 1. The first-order valence-electron chi connectivity index (χ1n) is 4.81. The number of nitrogens with one attached hydrogen (secondary N) is 1. The zero-order valence-corrected chi connectivity index (χ0v) is 9.39. The van der Waals surface area contributed by atoms with Crippen molar-refractivity contribution >= 4 is 19.0 Å². The number of aliphatic imine (C=N–C) groups is 1. The van der Waals surface area contributed by atoms with Gasteiger partial charge in [-0.25, -0.2) is 0 Å². The first-order valence-corrected chi connectivity index (χ1v) is 4.81. The lowest BCUT2D eigenvalue weighted by Crippen LogP contribution is -2.28. The average molecular weight is 190 g/mol. The molecule has 0 fully saturated rings. The first-order chi connectivity index (χ1) is 6.46. The molecule has 0 unspecified atom stereocenters. The molecule has 76 valence electrons. The summed E-state index contributed by atoms with van der Waals surface area (Å²) in [6.07, 6.45) is 5.65. The molecule has 2 nitrogen and oxygen atoms in total. The highest BCUT2D eigenvalue weighted by Gasteiger charge is 2.15. The molecule has 0 spiro atoms. The van der Waals surface area contributed by atoms with Crippen LogP contribution in [0.3, 0.4) is 0 Å². The SMILES string of the molecule is C=c1[nH]cc(C(C)(C)C)/c1=C/N=CC. The zero-order chi connectivity index (χ0) is 10.8. The quantitative estimate of drug-likeness (QED) is 0.651. The maximum Gasteiger partial charge on any atom is 0.0399 e. The maximum absolute atomic E-state index is 4.14. The minimum Gasteiger partial charge on any atom is -0.361 e.